The second-order valence-corrected chi connectivity index (χ2v) is 8.71. The van der Waals surface area contributed by atoms with Crippen molar-refractivity contribution in [1.29, 1.82) is 0 Å². The summed E-state index contributed by atoms with van der Waals surface area (Å²) in [5.74, 6) is 3.32. The molecule has 174 valence electrons. The lowest BCUT2D eigenvalue weighted by molar-refractivity contribution is 0.223. The minimum Gasteiger partial charge on any atom is -0.490 e. The van der Waals surface area contributed by atoms with E-state index in [1.165, 1.54) is 5.56 Å². The van der Waals surface area contributed by atoms with Crippen molar-refractivity contribution in [1.82, 2.24) is 20.3 Å². The molecule has 1 fully saturated rings. The molecule has 0 saturated carbocycles. The Hall–Kier alpha value is -3.65. The van der Waals surface area contributed by atoms with Gasteiger partial charge in [-0.1, -0.05) is 41.6 Å². The zero-order valence-electron chi connectivity index (χ0n) is 19.1. The fourth-order valence-electron chi connectivity index (χ4n) is 4.79. The van der Waals surface area contributed by atoms with Crippen LogP contribution in [-0.2, 0) is 6.54 Å². The summed E-state index contributed by atoms with van der Waals surface area (Å²) in [6.07, 6.45) is 3.09. The Balaban J connectivity index is 1.23. The van der Waals surface area contributed by atoms with Crippen LogP contribution in [0, 0.1) is 6.92 Å². The Morgan fingerprint density at radius 3 is 2.71 bits per heavy atom. The van der Waals surface area contributed by atoms with Crippen molar-refractivity contribution in [3.8, 4) is 34.2 Å². The number of rotatable bonds is 5. The van der Waals surface area contributed by atoms with Crippen LogP contribution in [0.15, 0.2) is 57.5 Å². The van der Waals surface area contributed by atoms with Gasteiger partial charge in [-0.15, -0.1) is 10.2 Å². The van der Waals surface area contributed by atoms with Crippen LogP contribution in [0.3, 0.4) is 0 Å². The minimum atomic E-state index is 0.268. The van der Waals surface area contributed by atoms with Gasteiger partial charge in [0.15, 0.2) is 11.5 Å². The van der Waals surface area contributed by atoms with Gasteiger partial charge in [0.1, 0.15) is 17.0 Å². The monoisotopic (exact) mass is 458 g/mol. The molecule has 8 heteroatoms. The van der Waals surface area contributed by atoms with Crippen molar-refractivity contribution in [3.05, 3.63) is 65.7 Å². The summed E-state index contributed by atoms with van der Waals surface area (Å²) in [5.41, 5.74) is 3.62. The molecule has 4 heterocycles. The quantitative estimate of drug-likeness (QED) is 0.403. The van der Waals surface area contributed by atoms with Gasteiger partial charge in [-0.3, -0.25) is 4.90 Å². The van der Waals surface area contributed by atoms with Crippen LogP contribution in [0.2, 0.25) is 0 Å². The number of nitrogens with zero attached hydrogens (tertiary/aromatic N) is 4. The lowest BCUT2D eigenvalue weighted by atomic mass is 10.0. The van der Waals surface area contributed by atoms with Crippen LogP contribution in [0.5, 0.6) is 11.5 Å². The number of hydrogen-bond donors (Lipinski definition) is 0. The normalized spacial score (nSPS) is 18.2. The molecular weight excluding hydrogens is 432 g/mol. The highest BCUT2D eigenvalue weighted by atomic mass is 16.5. The van der Waals surface area contributed by atoms with E-state index >= 15 is 0 Å². The van der Waals surface area contributed by atoms with Crippen molar-refractivity contribution < 1.29 is 18.4 Å². The lowest BCUT2D eigenvalue weighted by Gasteiger charge is -2.24. The fourth-order valence-corrected chi connectivity index (χ4v) is 4.79. The predicted molar refractivity (Wildman–Crippen MR) is 124 cm³/mol. The van der Waals surface area contributed by atoms with Gasteiger partial charge in [0.25, 0.3) is 5.89 Å². The number of likely N-dealkylation sites (tertiary alicyclic amines) is 1. The maximum Gasteiger partial charge on any atom is 0.253 e. The van der Waals surface area contributed by atoms with E-state index in [2.05, 4.69) is 32.4 Å². The summed E-state index contributed by atoms with van der Waals surface area (Å²) in [6, 6.07) is 16.4. The van der Waals surface area contributed by atoms with Crippen LogP contribution in [0.25, 0.3) is 22.7 Å². The summed E-state index contributed by atoms with van der Waals surface area (Å²) < 4.78 is 23.3. The third kappa shape index (κ3) is 3.94. The Labute approximate surface area is 197 Å². The highest BCUT2D eigenvalue weighted by molar-refractivity contribution is 5.77. The van der Waals surface area contributed by atoms with E-state index < -0.39 is 0 Å². The molecule has 2 aliphatic heterocycles. The van der Waals surface area contributed by atoms with E-state index in [1.54, 1.807) is 0 Å². The van der Waals surface area contributed by atoms with Crippen molar-refractivity contribution in [2.45, 2.75) is 38.8 Å². The predicted octanol–water partition coefficient (Wildman–Crippen LogP) is 5.20. The Morgan fingerprint density at radius 1 is 0.971 bits per heavy atom. The molecule has 6 rings (SSSR count). The molecule has 0 N–H and O–H groups in total. The third-order valence-electron chi connectivity index (χ3n) is 6.45. The van der Waals surface area contributed by atoms with E-state index in [9.17, 15) is 0 Å². The van der Waals surface area contributed by atoms with Crippen LogP contribution in [-0.4, -0.2) is 40.0 Å². The first-order valence-corrected chi connectivity index (χ1v) is 11.7. The Kier molecular flexibility index (Phi) is 5.50. The molecule has 1 saturated heterocycles. The maximum atomic E-state index is 6.12. The average molecular weight is 459 g/mol. The second-order valence-electron chi connectivity index (χ2n) is 8.71. The van der Waals surface area contributed by atoms with Crippen molar-refractivity contribution in [3.63, 3.8) is 0 Å². The SMILES string of the molecule is Cc1onc(-c2ccccc2)c1-c1nnc(CN2CCC[C@H]2c2ccc3c(c2)OCCCO3)o1. The first-order chi connectivity index (χ1) is 16.8. The number of aromatic nitrogens is 3. The fraction of sp³-hybridized carbons (Fsp3) is 0.346. The van der Waals surface area contributed by atoms with Crippen molar-refractivity contribution >= 4 is 0 Å². The van der Waals surface area contributed by atoms with Gasteiger partial charge in [-0.2, -0.15) is 0 Å². The molecule has 0 bridgehead atoms. The summed E-state index contributed by atoms with van der Waals surface area (Å²) >= 11 is 0. The molecule has 2 aliphatic rings. The molecule has 0 amide bonds. The van der Waals surface area contributed by atoms with E-state index in [1.807, 2.05) is 43.3 Å². The topological polar surface area (TPSA) is 86.7 Å². The van der Waals surface area contributed by atoms with Gasteiger partial charge in [0, 0.05) is 18.0 Å². The highest BCUT2D eigenvalue weighted by Gasteiger charge is 2.29. The molecule has 2 aromatic carbocycles. The van der Waals surface area contributed by atoms with Crippen LogP contribution < -0.4 is 9.47 Å². The number of fused-ring (bicyclic) bond motifs is 1. The number of benzene rings is 2. The number of hydrogen-bond acceptors (Lipinski definition) is 8. The van der Waals surface area contributed by atoms with Gasteiger partial charge < -0.3 is 18.4 Å². The van der Waals surface area contributed by atoms with Crippen molar-refractivity contribution in [2.24, 2.45) is 0 Å². The molecule has 0 spiro atoms. The zero-order valence-corrected chi connectivity index (χ0v) is 19.1. The number of aryl methyl sites for hydroxylation is 1. The summed E-state index contributed by atoms with van der Waals surface area (Å²) in [5, 5.41) is 12.9. The molecule has 0 aliphatic carbocycles. The van der Waals surface area contributed by atoms with Gasteiger partial charge in [0.2, 0.25) is 5.89 Å². The average Bonchev–Trinajstić information content (AvgIpc) is 3.56. The van der Waals surface area contributed by atoms with E-state index in [0.717, 1.165) is 48.4 Å². The molecule has 0 unspecified atom stereocenters. The van der Waals surface area contributed by atoms with E-state index in [-0.39, 0.29) is 6.04 Å². The largest absolute Gasteiger partial charge is 0.490 e. The summed E-state index contributed by atoms with van der Waals surface area (Å²) in [4.78, 5) is 2.38. The highest BCUT2D eigenvalue weighted by Crippen LogP contribution is 2.39. The first kappa shape index (κ1) is 20.9. The molecule has 2 aromatic heterocycles. The Bertz CT molecular complexity index is 1280. The van der Waals surface area contributed by atoms with Gasteiger partial charge in [-0.05, 0) is 44.0 Å². The maximum absolute atomic E-state index is 6.12. The summed E-state index contributed by atoms with van der Waals surface area (Å²) in [7, 11) is 0. The van der Waals surface area contributed by atoms with E-state index in [4.69, 9.17) is 18.4 Å². The molecule has 0 radical (unpaired) electrons. The lowest BCUT2D eigenvalue weighted by Crippen LogP contribution is -2.23. The van der Waals surface area contributed by atoms with E-state index in [0.29, 0.717) is 43.0 Å². The molecule has 1 atom stereocenters. The minimum absolute atomic E-state index is 0.268. The standard InChI is InChI=1S/C26H26N4O4/c1-17-24(25(29-34-17)18-7-3-2-4-8-18)26-28-27-23(33-26)16-30-12-5-9-20(30)19-10-11-21-22(15-19)32-14-6-13-31-21/h2-4,7-8,10-11,15,20H,5-6,9,12-14,16H2,1H3/t20-/m0/s1. The van der Waals surface area contributed by atoms with Crippen molar-refractivity contribution in [2.75, 3.05) is 19.8 Å². The molecule has 4 aromatic rings. The van der Waals surface area contributed by atoms with Gasteiger partial charge >= 0.3 is 0 Å². The van der Waals surface area contributed by atoms with Gasteiger partial charge in [0.05, 0.1) is 19.8 Å². The second kappa shape index (κ2) is 8.95. The van der Waals surface area contributed by atoms with Crippen LogP contribution >= 0.6 is 0 Å². The summed E-state index contributed by atoms with van der Waals surface area (Å²) in [6.45, 7) is 4.79. The molecule has 8 nitrogen and oxygen atoms in total. The molecule has 34 heavy (non-hydrogen) atoms. The van der Waals surface area contributed by atoms with Crippen LogP contribution in [0.4, 0.5) is 0 Å². The third-order valence-corrected chi connectivity index (χ3v) is 6.45. The smallest absolute Gasteiger partial charge is 0.253 e. The zero-order chi connectivity index (χ0) is 22.9. The van der Waals surface area contributed by atoms with Gasteiger partial charge in [-0.25, -0.2) is 0 Å². The van der Waals surface area contributed by atoms with Crippen LogP contribution in [0.1, 0.15) is 42.5 Å². The first-order valence-electron chi connectivity index (χ1n) is 11.7. The molecular formula is C26H26N4O4. The Morgan fingerprint density at radius 2 is 1.82 bits per heavy atom. The number of ether oxygens (including phenoxy) is 2.